The minimum Gasteiger partial charge on any atom is -1.00 e. The van der Waals surface area contributed by atoms with Gasteiger partial charge in [-0.15, -0.1) is 0 Å². The number of fused-ring (bicyclic) bond motifs is 3. The topological polar surface area (TPSA) is 0 Å². The van der Waals surface area contributed by atoms with Gasteiger partial charge in [0, 0.05) is 0 Å². The van der Waals surface area contributed by atoms with Gasteiger partial charge in [-0.1, -0.05) is 0 Å². The summed E-state index contributed by atoms with van der Waals surface area (Å²) in [7, 11) is 0. The number of benzene rings is 6. The molecule has 0 fully saturated rings. The van der Waals surface area contributed by atoms with Gasteiger partial charge in [0.25, 0.3) is 0 Å². The Labute approximate surface area is 303 Å². The number of aryl methyl sites for hydroxylation is 2. The molecule has 2 aliphatic rings. The van der Waals surface area contributed by atoms with Crippen molar-refractivity contribution < 1.29 is 42.2 Å². The standard InChI is InChI=1S/C25H17.C15H14.C5H5.2ClH.Ti/c1-3-7-18(8-4-1)20-11-13-24-22(15-20)17-23-16-21(12-14-25(23)24)19-9-5-2-6-10-19;1-12-3-7-14(8-4-12)11-15-9-5-13(2)6-10-15;1-2-4-5-3-1;;;/h1-15H,17H2;3-10H,1-2H3;1-3H,4H2;2*1H;/q;;;;;+2/p-2. The third-order valence-electron chi connectivity index (χ3n) is 9.54. The quantitative estimate of drug-likeness (QED) is 0.224. The van der Waals surface area contributed by atoms with E-state index in [0.717, 1.165) is 12.8 Å². The molecule has 0 amide bonds. The zero-order chi connectivity index (χ0) is 31.0. The molecular weight excluding hydrogens is 659 g/mol. The van der Waals surface area contributed by atoms with Crippen LogP contribution in [0.4, 0.5) is 0 Å². The molecule has 0 aromatic heterocycles. The van der Waals surface area contributed by atoms with Gasteiger partial charge in [-0.3, -0.25) is 0 Å². The maximum Gasteiger partial charge on any atom is -1.00 e. The summed E-state index contributed by atoms with van der Waals surface area (Å²) in [6.45, 7) is 4.38. The minimum atomic E-state index is -2.40. The number of allylic oxidation sites excluding steroid dienone is 4. The molecule has 0 saturated carbocycles. The molecule has 0 spiro atoms. The van der Waals surface area contributed by atoms with E-state index in [-0.39, 0.29) is 24.8 Å². The summed E-state index contributed by atoms with van der Waals surface area (Å²) in [6.07, 6.45) is 9.08. The average molecular weight is 696 g/mol. The third-order valence-corrected chi connectivity index (χ3v) is 14.5. The van der Waals surface area contributed by atoms with E-state index in [2.05, 4.69) is 172 Å². The molecule has 6 aromatic rings. The van der Waals surface area contributed by atoms with Gasteiger partial charge in [0.1, 0.15) is 0 Å². The molecule has 0 bridgehead atoms. The van der Waals surface area contributed by atoms with Crippen molar-refractivity contribution in [1.82, 2.24) is 0 Å². The molecule has 0 saturated heterocycles. The van der Waals surface area contributed by atoms with Crippen LogP contribution in [0.3, 0.4) is 0 Å². The van der Waals surface area contributed by atoms with E-state index in [4.69, 9.17) is 0 Å². The van der Waals surface area contributed by atoms with Crippen LogP contribution in [-0.2, 0) is 23.8 Å². The molecule has 0 radical (unpaired) electrons. The summed E-state index contributed by atoms with van der Waals surface area (Å²) >= 11 is -2.40. The third kappa shape index (κ3) is 6.39. The number of rotatable bonds is 6. The van der Waals surface area contributed by atoms with E-state index in [1.165, 1.54) is 66.8 Å². The molecule has 3 heteroatoms. The molecule has 0 unspecified atom stereocenters. The Bertz CT molecular complexity index is 2130. The molecule has 0 N–H and O–H groups in total. The predicted molar refractivity (Wildman–Crippen MR) is 193 cm³/mol. The van der Waals surface area contributed by atoms with E-state index in [0.29, 0.717) is 0 Å². The zero-order valence-corrected chi connectivity index (χ0v) is 30.3. The first-order chi connectivity index (χ1) is 22.6. The first-order valence-corrected chi connectivity index (χ1v) is 18.6. The van der Waals surface area contributed by atoms with Crippen LogP contribution in [0.5, 0.6) is 0 Å². The van der Waals surface area contributed by atoms with Gasteiger partial charge in [-0.25, -0.2) is 0 Å². The summed E-state index contributed by atoms with van der Waals surface area (Å²) in [5, 5.41) is 0. The Hall–Kier alpha value is -4.04. The van der Waals surface area contributed by atoms with Gasteiger partial charge in [0.2, 0.25) is 0 Å². The van der Waals surface area contributed by atoms with Crippen LogP contribution in [0.25, 0.3) is 33.4 Å². The van der Waals surface area contributed by atoms with Crippen molar-refractivity contribution in [2.24, 2.45) is 0 Å². The number of halogens is 2. The SMILES string of the molecule is Cc1ccc([C](c2ccc(C)cc2)=[Ti+2]([C]2=CC=CC2)[c]2c(-c3ccccc3)ccc3c2Cc2cc(-c4ccccc4)ccc2-3)cc1.[Cl-].[Cl-]. The summed E-state index contributed by atoms with van der Waals surface area (Å²) in [4.78, 5) is 0. The monoisotopic (exact) mass is 694 g/mol. The van der Waals surface area contributed by atoms with Crippen LogP contribution >= 0.6 is 0 Å². The normalized spacial score (nSPS) is 12.1. The van der Waals surface area contributed by atoms with Gasteiger partial charge in [0.05, 0.1) is 0 Å². The van der Waals surface area contributed by atoms with Crippen LogP contribution in [-0.4, -0.2) is 3.81 Å². The van der Waals surface area contributed by atoms with E-state index in [1.54, 1.807) is 11.6 Å². The van der Waals surface area contributed by atoms with Crippen molar-refractivity contribution in [1.29, 1.82) is 0 Å². The minimum absolute atomic E-state index is 0. The summed E-state index contributed by atoms with van der Waals surface area (Å²) < 4.78 is 4.76. The van der Waals surface area contributed by atoms with E-state index >= 15 is 0 Å². The summed E-state index contributed by atoms with van der Waals surface area (Å²) in [6, 6.07) is 52.5. The van der Waals surface area contributed by atoms with Gasteiger partial charge < -0.3 is 24.8 Å². The maximum absolute atomic E-state index is 2.45. The Kier molecular flexibility index (Phi) is 10.3. The fraction of sp³-hybridized carbons (Fsp3) is 0.0889. The van der Waals surface area contributed by atoms with Crippen molar-refractivity contribution in [3.63, 3.8) is 0 Å². The Morgan fingerprint density at radius 2 is 1.10 bits per heavy atom. The second-order valence-corrected chi connectivity index (χ2v) is 16.3. The second kappa shape index (κ2) is 14.6. The molecule has 2 aliphatic carbocycles. The van der Waals surface area contributed by atoms with Crippen molar-refractivity contribution in [3.05, 3.63) is 195 Å². The number of hydrogen-bond acceptors (Lipinski definition) is 0. The van der Waals surface area contributed by atoms with Crippen molar-refractivity contribution in [2.75, 3.05) is 0 Å². The first-order valence-electron chi connectivity index (χ1n) is 16.3. The second-order valence-electron chi connectivity index (χ2n) is 12.6. The van der Waals surface area contributed by atoms with Crippen molar-refractivity contribution >= 4 is 7.68 Å². The molecule has 0 nitrogen and oxygen atoms in total. The molecule has 48 heavy (non-hydrogen) atoms. The van der Waals surface area contributed by atoms with Crippen LogP contribution in [0.1, 0.15) is 39.8 Å². The van der Waals surface area contributed by atoms with Gasteiger partial charge in [-0.05, 0) is 0 Å². The van der Waals surface area contributed by atoms with E-state index in [1.807, 2.05) is 0 Å². The number of hydrogen-bond donors (Lipinski definition) is 0. The van der Waals surface area contributed by atoms with Crippen LogP contribution < -0.4 is 28.7 Å². The summed E-state index contributed by atoms with van der Waals surface area (Å²) in [5.74, 6) is 0. The Balaban J connectivity index is 0.00000201. The fourth-order valence-electron chi connectivity index (χ4n) is 7.21. The molecule has 6 aromatic carbocycles. The molecule has 0 atom stereocenters. The molecule has 8 rings (SSSR count). The van der Waals surface area contributed by atoms with Crippen molar-refractivity contribution in [3.8, 4) is 33.4 Å². The zero-order valence-electron chi connectivity index (χ0n) is 27.2. The smallest absolute Gasteiger partial charge is 1.00 e. The molecule has 0 heterocycles. The van der Waals surface area contributed by atoms with Crippen LogP contribution in [0.15, 0.2) is 162 Å². The maximum atomic E-state index is 2.45. The van der Waals surface area contributed by atoms with Gasteiger partial charge in [-0.2, -0.15) is 0 Å². The Morgan fingerprint density at radius 1 is 0.542 bits per heavy atom. The fourth-order valence-corrected chi connectivity index (χ4v) is 12.5. The van der Waals surface area contributed by atoms with Crippen molar-refractivity contribution in [2.45, 2.75) is 26.7 Å². The van der Waals surface area contributed by atoms with Crippen LogP contribution in [0.2, 0.25) is 0 Å². The van der Waals surface area contributed by atoms with E-state index < -0.39 is 17.4 Å². The molecule has 234 valence electrons. The first kappa shape index (κ1) is 33.8. The summed E-state index contributed by atoms with van der Waals surface area (Å²) in [5.41, 5.74) is 16.3. The molecule has 0 aliphatic heterocycles. The van der Waals surface area contributed by atoms with E-state index in [9.17, 15) is 0 Å². The van der Waals surface area contributed by atoms with Crippen LogP contribution in [0, 0.1) is 13.8 Å². The average Bonchev–Trinajstić information content (AvgIpc) is 3.77. The predicted octanol–water partition coefficient (Wildman–Crippen LogP) is 4.57. The molecular formula is C45H36Cl2Ti. The largest absolute Gasteiger partial charge is 1.00 e. The Morgan fingerprint density at radius 3 is 1.69 bits per heavy atom. The van der Waals surface area contributed by atoms with Gasteiger partial charge >= 0.3 is 280 Å². The van der Waals surface area contributed by atoms with Gasteiger partial charge in [0.15, 0.2) is 0 Å².